The van der Waals surface area contributed by atoms with Crippen LogP contribution < -0.4 is 5.32 Å². The van der Waals surface area contributed by atoms with E-state index >= 15 is 0 Å². The highest BCUT2D eigenvalue weighted by Crippen LogP contribution is 2.38. The molecule has 0 saturated heterocycles. The number of aromatic nitrogens is 4. The second-order valence-corrected chi connectivity index (χ2v) is 9.13. The molecule has 0 aliphatic carbocycles. The SMILES string of the molecule is Cc1cc(-c2csc3cc4c(Nc5ccc6scnc6c5)ccnc4cc23)n(C)n1. The molecule has 4 heterocycles. The first kappa shape index (κ1) is 17.6. The van der Waals surface area contributed by atoms with Crippen LogP contribution in [0.4, 0.5) is 11.4 Å². The van der Waals surface area contributed by atoms with Crippen molar-refractivity contribution in [3.63, 3.8) is 0 Å². The van der Waals surface area contributed by atoms with E-state index in [0.29, 0.717) is 0 Å². The maximum Gasteiger partial charge on any atom is 0.0832 e. The van der Waals surface area contributed by atoms with Gasteiger partial charge in [0.05, 0.1) is 32.6 Å². The Morgan fingerprint density at radius 3 is 2.70 bits per heavy atom. The topological polar surface area (TPSA) is 55.6 Å². The summed E-state index contributed by atoms with van der Waals surface area (Å²) < 4.78 is 4.38. The average Bonchev–Trinajstić information content (AvgIpc) is 3.44. The molecule has 0 saturated carbocycles. The Balaban J connectivity index is 1.48. The van der Waals surface area contributed by atoms with E-state index in [2.05, 4.69) is 62.2 Å². The van der Waals surface area contributed by atoms with E-state index in [4.69, 9.17) is 0 Å². The van der Waals surface area contributed by atoms with Crippen molar-refractivity contribution in [3.05, 3.63) is 65.2 Å². The fourth-order valence-corrected chi connectivity index (χ4v) is 5.56. The third-order valence-corrected chi connectivity index (χ3v) is 7.08. The summed E-state index contributed by atoms with van der Waals surface area (Å²) in [6, 6.07) is 14.9. The Morgan fingerprint density at radius 1 is 0.900 bits per heavy atom. The number of pyridine rings is 1. The average molecular weight is 428 g/mol. The normalized spacial score (nSPS) is 11.7. The molecular formula is C23H17N5S2. The van der Waals surface area contributed by atoms with E-state index in [9.17, 15) is 0 Å². The molecule has 5 nitrogen and oxygen atoms in total. The summed E-state index contributed by atoms with van der Waals surface area (Å²) in [6.07, 6.45) is 1.86. The zero-order valence-corrected chi connectivity index (χ0v) is 18.0. The zero-order valence-electron chi connectivity index (χ0n) is 16.4. The van der Waals surface area contributed by atoms with Gasteiger partial charge in [0, 0.05) is 51.0 Å². The van der Waals surface area contributed by atoms with E-state index < -0.39 is 0 Å². The highest BCUT2D eigenvalue weighted by atomic mass is 32.1. The van der Waals surface area contributed by atoms with E-state index in [1.54, 1.807) is 22.7 Å². The van der Waals surface area contributed by atoms with Crippen molar-refractivity contribution in [2.45, 2.75) is 6.92 Å². The number of fused-ring (bicyclic) bond motifs is 3. The molecule has 0 bridgehead atoms. The van der Waals surface area contributed by atoms with Crippen LogP contribution in [0.5, 0.6) is 0 Å². The van der Waals surface area contributed by atoms with Gasteiger partial charge >= 0.3 is 0 Å². The molecule has 0 atom stereocenters. The van der Waals surface area contributed by atoms with Gasteiger partial charge in [-0.3, -0.25) is 9.67 Å². The molecular weight excluding hydrogens is 410 g/mol. The molecule has 30 heavy (non-hydrogen) atoms. The first-order valence-electron chi connectivity index (χ1n) is 9.57. The minimum atomic E-state index is 0.973. The van der Waals surface area contributed by atoms with Crippen molar-refractivity contribution in [1.29, 1.82) is 0 Å². The number of hydrogen-bond acceptors (Lipinski definition) is 6. The van der Waals surface area contributed by atoms with E-state index in [0.717, 1.165) is 39.2 Å². The molecule has 0 aliphatic heterocycles. The van der Waals surface area contributed by atoms with E-state index in [1.165, 1.54) is 20.3 Å². The van der Waals surface area contributed by atoms with Gasteiger partial charge in [-0.25, -0.2) is 4.98 Å². The van der Waals surface area contributed by atoms with Gasteiger partial charge in [0.1, 0.15) is 0 Å². The van der Waals surface area contributed by atoms with Crippen molar-refractivity contribution < 1.29 is 0 Å². The molecule has 6 rings (SSSR count). The Hall–Kier alpha value is -3.29. The maximum absolute atomic E-state index is 4.65. The molecule has 7 heteroatoms. The Kier molecular flexibility index (Phi) is 3.87. The molecule has 4 aromatic heterocycles. The standard InChI is InChI=1S/C23H17N5S2/c1-13-7-21(28(2)27-13)17-11-29-23-10-16-18(5-6-24-19(16)9-15(17)23)26-14-3-4-22-20(8-14)25-12-30-22/h3-12H,1-2H3,(H,24,26). The van der Waals surface area contributed by atoms with Crippen molar-refractivity contribution in [1.82, 2.24) is 19.7 Å². The molecule has 0 aliphatic rings. The van der Waals surface area contributed by atoms with Crippen LogP contribution in [0.3, 0.4) is 0 Å². The Labute approximate surface area is 180 Å². The second-order valence-electron chi connectivity index (χ2n) is 7.33. The summed E-state index contributed by atoms with van der Waals surface area (Å²) >= 11 is 3.41. The van der Waals surface area contributed by atoms with Gasteiger partial charge in [0.15, 0.2) is 0 Å². The number of benzene rings is 2. The lowest BCUT2D eigenvalue weighted by atomic mass is 10.1. The lowest BCUT2D eigenvalue weighted by Gasteiger charge is -2.10. The number of nitrogens with zero attached hydrogens (tertiary/aromatic N) is 4. The molecule has 0 spiro atoms. The molecule has 2 aromatic carbocycles. The maximum atomic E-state index is 4.65. The van der Waals surface area contributed by atoms with Gasteiger partial charge in [0.25, 0.3) is 0 Å². The monoisotopic (exact) mass is 427 g/mol. The largest absolute Gasteiger partial charge is 0.355 e. The van der Waals surface area contributed by atoms with Crippen molar-refractivity contribution in [2.75, 3.05) is 5.32 Å². The van der Waals surface area contributed by atoms with E-state index in [-0.39, 0.29) is 0 Å². The van der Waals surface area contributed by atoms with Crippen LogP contribution in [0, 0.1) is 6.92 Å². The quantitative estimate of drug-likeness (QED) is 0.350. The predicted octanol–water partition coefficient (Wildman–Crippen LogP) is 6.51. The van der Waals surface area contributed by atoms with Crippen molar-refractivity contribution >= 4 is 65.3 Å². The highest BCUT2D eigenvalue weighted by molar-refractivity contribution is 7.18. The van der Waals surface area contributed by atoms with Gasteiger partial charge in [-0.1, -0.05) is 0 Å². The second kappa shape index (κ2) is 6.62. The summed E-state index contributed by atoms with van der Waals surface area (Å²) in [4.78, 5) is 9.07. The zero-order chi connectivity index (χ0) is 20.2. The number of hydrogen-bond donors (Lipinski definition) is 1. The van der Waals surface area contributed by atoms with Gasteiger partial charge in [-0.15, -0.1) is 22.7 Å². The van der Waals surface area contributed by atoms with Crippen LogP contribution in [-0.4, -0.2) is 19.7 Å². The number of nitrogens with one attached hydrogen (secondary N) is 1. The van der Waals surface area contributed by atoms with Crippen LogP contribution in [0.2, 0.25) is 0 Å². The smallest absolute Gasteiger partial charge is 0.0832 e. The molecule has 0 unspecified atom stereocenters. The minimum absolute atomic E-state index is 0.973. The molecule has 0 radical (unpaired) electrons. The summed E-state index contributed by atoms with van der Waals surface area (Å²) in [5.41, 5.74) is 9.29. The highest BCUT2D eigenvalue weighted by Gasteiger charge is 2.14. The van der Waals surface area contributed by atoms with Crippen LogP contribution in [0.1, 0.15) is 5.69 Å². The summed E-state index contributed by atoms with van der Waals surface area (Å²) in [7, 11) is 1.99. The number of anilines is 2. The first-order chi connectivity index (χ1) is 14.7. The fraction of sp³-hybridized carbons (Fsp3) is 0.0870. The van der Waals surface area contributed by atoms with Crippen molar-refractivity contribution in [2.24, 2.45) is 7.05 Å². The number of thiophene rings is 1. The molecule has 1 N–H and O–H groups in total. The van der Waals surface area contributed by atoms with Crippen LogP contribution in [0.25, 0.3) is 42.5 Å². The Bertz CT molecular complexity index is 1560. The van der Waals surface area contributed by atoms with Gasteiger partial charge < -0.3 is 5.32 Å². The van der Waals surface area contributed by atoms with Crippen molar-refractivity contribution in [3.8, 4) is 11.3 Å². The molecule has 6 aromatic rings. The molecule has 0 amide bonds. The fourth-order valence-electron chi connectivity index (χ4n) is 3.93. The summed E-state index contributed by atoms with van der Waals surface area (Å²) in [5, 5.41) is 12.6. The van der Waals surface area contributed by atoms with Gasteiger partial charge in [0.2, 0.25) is 0 Å². The van der Waals surface area contributed by atoms with Crippen LogP contribution in [0.15, 0.2) is 59.6 Å². The first-order valence-corrected chi connectivity index (χ1v) is 11.3. The number of rotatable bonds is 3. The molecule has 0 fully saturated rings. The predicted molar refractivity (Wildman–Crippen MR) is 127 cm³/mol. The third-order valence-electron chi connectivity index (χ3n) is 5.32. The summed E-state index contributed by atoms with van der Waals surface area (Å²) in [5.74, 6) is 0. The minimum Gasteiger partial charge on any atom is -0.355 e. The number of thiazole rings is 1. The van der Waals surface area contributed by atoms with Crippen LogP contribution in [-0.2, 0) is 7.05 Å². The van der Waals surface area contributed by atoms with E-state index in [1.807, 2.05) is 36.4 Å². The Morgan fingerprint density at radius 2 is 1.83 bits per heavy atom. The lowest BCUT2D eigenvalue weighted by Crippen LogP contribution is -1.94. The molecule has 146 valence electrons. The van der Waals surface area contributed by atoms with Crippen LogP contribution >= 0.6 is 22.7 Å². The third kappa shape index (κ3) is 2.78. The lowest BCUT2D eigenvalue weighted by molar-refractivity contribution is 0.765. The van der Waals surface area contributed by atoms with Gasteiger partial charge in [-0.2, -0.15) is 5.10 Å². The van der Waals surface area contributed by atoms with Gasteiger partial charge in [-0.05, 0) is 49.4 Å². The summed E-state index contributed by atoms with van der Waals surface area (Å²) in [6.45, 7) is 2.02. The number of aryl methyl sites for hydroxylation is 2.